The Morgan fingerprint density at radius 2 is 1.95 bits per heavy atom. The highest BCUT2D eigenvalue weighted by molar-refractivity contribution is 5.28. The maximum absolute atomic E-state index is 5.25. The van der Waals surface area contributed by atoms with Gasteiger partial charge in [0, 0.05) is 25.2 Å². The molecule has 2 unspecified atom stereocenters. The van der Waals surface area contributed by atoms with Crippen molar-refractivity contribution in [2.45, 2.75) is 45.7 Å². The minimum Gasteiger partial charge on any atom is -0.497 e. The average molecular weight is 290 g/mol. The Kier molecular flexibility index (Phi) is 6.07. The van der Waals surface area contributed by atoms with Crippen LogP contribution in [0.3, 0.4) is 0 Å². The molecule has 1 aromatic rings. The Balaban J connectivity index is 2.03. The third kappa shape index (κ3) is 4.72. The van der Waals surface area contributed by atoms with Gasteiger partial charge in [-0.1, -0.05) is 26.0 Å². The molecule has 0 saturated carbocycles. The Bertz CT molecular complexity index is 416. The Morgan fingerprint density at radius 3 is 2.57 bits per heavy atom. The number of hydrogen-bond donors (Lipinski definition) is 1. The van der Waals surface area contributed by atoms with E-state index in [9.17, 15) is 0 Å². The maximum Gasteiger partial charge on any atom is 0.118 e. The number of methoxy groups -OCH3 is 1. The topological polar surface area (TPSA) is 24.5 Å². The fourth-order valence-electron chi connectivity index (χ4n) is 3.20. The van der Waals surface area contributed by atoms with E-state index in [0.29, 0.717) is 12.1 Å². The molecular formula is C18H30N2O. The number of ether oxygens (including phenoxy) is 1. The van der Waals surface area contributed by atoms with E-state index < -0.39 is 0 Å². The van der Waals surface area contributed by atoms with Crippen LogP contribution in [0.4, 0.5) is 0 Å². The van der Waals surface area contributed by atoms with Crippen LogP contribution in [0, 0.1) is 5.92 Å². The first-order valence-corrected chi connectivity index (χ1v) is 8.21. The van der Waals surface area contributed by atoms with E-state index >= 15 is 0 Å². The van der Waals surface area contributed by atoms with E-state index in [4.69, 9.17) is 4.74 Å². The summed E-state index contributed by atoms with van der Waals surface area (Å²) in [6.07, 6.45) is 2.49. The summed E-state index contributed by atoms with van der Waals surface area (Å²) in [7, 11) is 1.72. The SMILES string of the molecule is COc1ccc(C(C)N2CCCNC(CC(C)C)C2)cc1. The van der Waals surface area contributed by atoms with E-state index in [1.165, 1.54) is 24.9 Å². The third-order valence-electron chi connectivity index (χ3n) is 4.41. The molecule has 118 valence electrons. The molecule has 3 nitrogen and oxygen atoms in total. The molecule has 0 aliphatic carbocycles. The van der Waals surface area contributed by atoms with Gasteiger partial charge in [0.25, 0.3) is 0 Å². The second-order valence-corrected chi connectivity index (χ2v) is 6.58. The highest BCUT2D eigenvalue weighted by Gasteiger charge is 2.23. The predicted octanol–water partition coefficient (Wildman–Crippen LogP) is 3.47. The second kappa shape index (κ2) is 7.81. The zero-order chi connectivity index (χ0) is 15.2. The Labute approximate surface area is 129 Å². The molecule has 0 bridgehead atoms. The quantitative estimate of drug-likeness (QED) is 0.898. The first kappa shape index (κ1) is 16.3. The highest BCUT2D eigenvalue weighted by atomic mass is 16.5. The van der Waals surface area contributed by atoms with Crippen LogP contribution in [-0.4, -0.2) is 37.7 Å². The molecule has 1 heterocycles. The Hall–Kier alpha value is -1.06. The summed E-state index contributed by atoms with van der Waals surface area (Å²) in [6.45, 7) is 10.4. The molecule has 1 aliphatic rings. The molecule has 2 atom stereocenters. The number of nitrogens with one attached hydrogen (secondary N) is 1. The standard InChI is InChI=1S/C18H30N2O/c1-14(2)12-17-13-20(11-5-10-19-17)15(3)16-6-8-18(21-4)9-7-16/h6-9,14-15,17,19H,5,10-13H2,1-4H3. The predicted molar refractivity (Wildman–Crippen MR) is 88.8 cm³/mol. The van der Waals surface area contributed by atoms with E-state index in [2.05, 4.69) is 55.3 Å². The number of rotatable bonds is 5. The zero-order valence-electron chi connectivity index (χ0n) is 13.9. The van der Waals surface area contributed by atoms with Crippen molar-refractivity contribution in [3.63, 3.8) is 0 Å². The summed E-state index contributed by atoms with van der Waals surface area (Å²) in [5, 5.41) is 3.71. The monoisotopic (exact) mass is 290 g/mol. The van der Waals surface area contributed by atoms with Crippen molar-refractivity contribution in [3.8, 4) is 5.75 Å². The molecule has 1 saturated heterocycles. The summed E-state index contributed by atoms with van der Waals surface area (Å²) in [5.74, 6) is 1.68. The third-order valence-corrected chi connectivity index (χ3v) is 4.41. The number of nitrogens with zero attached hydrogens (tertiary/aromatic N) is 1. The lowest BCUT2D eigenvalue weighted by Crippen LogP contribution is -2.39. The fraction of sp³-hybridized carbons (Fsp3) is 0.667. The number of hydrogen-bond acceptors (Lipinski definition) is 3. The smallest absolute Gasteiger partial charge is 0.118 e. The van der Waals surface area contributed by atoms with Crippen molar-refractivity contribution in [2.24, 2.45) is 5.92 Å². The van der Waals surface area contributed by atoms with Gasteiger partial charge < -0.3 is 10.1 Å². The largest absolute Gasteiger partial charge is 0.497 e. The molecule has 21 heavy (non-hydrogen) atoms. The van der Waals surface area contributed by atoms with Gasteiger partial charge in [0.1, 0.15) is 5.75 Å². The Morgan fingerprint density at radius 1 is 1.24 bits per heavy atom. The van der Waals surface area contributed by atoms with Crippen molar-refractivity contribution in [2.75, 3.05) is 26.7 Å². The second-order valence-electron chi connectivity index (χ2n) is 6.58. The lowest BCUT2D eigenvalue weighted by molar-refractivity contribution is 0.199. The lowest BCUT2D eigenvalue weighted by Gasteiger charge is -2.31. The molecule has 1 fully saturated rings. The van der Waals surface area contributed by atoms with E-state index in [0.717, 1.165) is 24.8 Å². The first-order chi connectivity index (χ1) is 10.1. The summed E-state index contributed by atoms with van der Waals surface area (Å²) in [4.78, 5) is 2.62. The van der Waals surface area contributed by atoms with Gasteiger partial charge in [-0.15, -0.1) is 0 Å². The van der Waals surface area contributed by atoms with Gasteiger partial charge in [0.05, 0.1) is 7.11 Å². The van der Waals surface area contributed by atoms with E-state index in [-0.39, 0.29) is 0 Å². The van der Waals surface area contributed by atoms with Gasteiger partial charge in [0.15, 0.2) is 0 Å². The van der Waals surface area contributed by atoms with Crippen LogP contribution in [0.25, 0.3) is 0 Å². The normalized spacial score (nSPS) is 22.0. The molecule has 2 rings (SSSR count). The summed E-state index contributed by atoms with van der Waals surface area (Å²) < 4.78 is 5.25. The average Bonchev–Trinajstić information content (AvgIpc) is 2.71. The number of benzene rings is 1. The van der Waals surface area contributed by atoms with Crippen LogP contribution in [-0.2, 0) is 0 Å². The van der Waals surface area contributed by atoms with Crippen molar-refractivity contribution in [3.05, 3.63) is 29.8 Å². The van der Waals surface area contributed by atoms with Gasteiger partial charge in [-0.2, -0.15) is 0 Å². The zero-order valence-corrected chi connectivity index (χ0v) is 13.9. The fourth-order valence-corrected chi connectivity index (χ4v) is 3.20. The summed E-state index contributed by atoms with van der Waals surface area (Å²) in [5.41, 5.74) is 1.38. The minimum absolute atomic E-state index is 0.463. The van der Waals surface area contributed by atoms with Crippen LogP contribution in [0.2, 0.25) is 0 Å². The highest BCUT2D eigenvalue weighted by Crippen LogP contribution is 2.24. The van der Waals surface area contributed by atoms with Gasteiger partial charge in [-0.05, 0) is 49.9 Å². The van der Waals surface area contributed by atoms with Gasteiger partial charge in [0.2, 0.25) is 0 Å². The van der Waals surface area contributed by atoms with Crippen molar-refractivity contribution in [1.82, 2.24) is 10.2 Å². The van der Waals surface area contributed by atoms with Gasteiger partial charge in [-0.3, -0.25) is 4.90 Å². The van der Waals surface area contributed by atoms with Crippen LogP contribution >= 0.6 is 0 Å². The molecule has 1 aromatic carbocycles. The molecule has 3 heteroatoms. The molecule has 0 spiro atoms. The van der Waals surface area contributed by atoms with Crippen molar-refractivity contribution in [1.29, 1.82) is 0 Å². The van der Waals surface area contributed by atoms with Crippen LogP contribution in [0.5, 0.6) is 5.75 Å². The van der Waals surface area contributed by atoms with Crippen molar-refractivity contribution < 1.29 is 4.74 Å². The summed E-state index contributed by atoms with van der Waals surface area (Å²) >= 11 is 0. The lowest BCUT2D eigenvalue weighted by atomic mass is 10.0. The van der Waals surface area contributed by atoms with Crippen LogP contribution in [0.1, 0.15) is 45.2 Å². The molecule has 1 aliphatic heterocycles. The minimum atomic E-state index is 0.463. The first-order valence-electron chi connectivity index (χ1n) is 8.21. The van der Waals surface area contributed by atoms with Gasteiger partial charge >= 0.3 is 0 Å². The molecule has 1 N–H and O–H groups in total. The van der Waals surface area contributed by atoms with Crippen molar-refractivity contribution >= 4 is 0 Å². The molecule has 0 aromatic heterocycles. The van der Waals surface area contributed by atoms with Crippen LogP contribution in [0.15, 0.2) is 24.3 Å². The van der Waals surface area contributed by atoms with E-state index in [1.54, 1.807) is 7.11 Å². The molecular weight excluding hydrogens is 260 g/mol. The maximum atomic E-state index is 5.25. The molecule has 0 amide bonds. The molecule has 0 radical (unpaired) electrons. The van der Waals surface area contributed by atoms with Gasteiger partial charge in [-0.25, -0.2) is 0 Å². The van der Waals surface area contributed by atoms with E-state index in [1.807, 2.05) is 0 Å². The van der Waals surface area contributed by atoms with Crippen LogP contribution < -0.4 is 10.1 Å². The summed E-state index contributed by atoms with van der Waals surface area (Å²) in [6, 6.07) is 9.60.